The number of nitrogens with zero attached hydrogens (tertiary/aromatic N) is 1. The van der Waals surface area contributed by atoms with Gasteiger partial charge in [0.2, 0.25) is 11.8 Å². The molecule has 0 fully saturated rings. The van der Waals surface area contributed by atoms with Gasteiger partial charge in [0.15, 0.2) is 0 Å². The van der Waals surface area contributed by atoms with E-state index in [9.17, 15) is 18.8 Å². The van der Waals surface area contributed by atoms with E-state index < -0.39 is 17.7 Å². The molecule has 130 valence electrons. The summed E-state index contributed by atoms with van der Waals surface area (Å²) >= 11 is 0. The lowest BCUT2D eigenvalue weighted by molar-refractivity contribution is -0.120. The molecule has 25 heavy (non-hydrogen) atoms. The number of nitrogens with one attached hydrogen (secondary N) is 1. The second kappa shape index (κ2) is 8.05. The molecule has 2 rings (SSSR count). The maximum absolute atomic E-state index is 13.2. The van der Waals surface area contributed by atoms with Crippen molar-refractivity contribution in [3.05, 3.63) is 59.9 Å². The van der Waals surface area contributed by atoms with E-state index in [2.05, 4.69) is 10.1 Å². The van der Waals surface area contributed by atoms with Crippen molar-refractivity contribution in [1.29, 1.82) is 0 Å². The molecule has 0 unspecified atom stereocenters. The smallest absolute Gasteiger partial charge is 0.337 e. The Bertz CT molecular complexity index is 807. The van der Waals surface area contributed by atoms with Crippen LogP contribution < -0.4 is 10.2 Å². The molecule has 6 nitrogen and oxygen atoms in total. The van der Waals surface area contributed by atoms with Crippen molar-refractivity contribution in [2.24, 2.45) is 0 Å². The quantitative estimate of drug-likeness (QED) is 0.846. The normalized spacial score (nSPS) is 10.0. The summed E-state index contributed by atoms with van der Waals surface area (Å²) in [6.45, 7) is 1.02. The predicted molar refractivity (Wildman–Crippen MR) is 90.8 cm³/mol. The van der Waals surface area contributed by atoms with Gasteiger partial charge in [0.25, 0.3) is 0 Å². The molecule has 0 heterocycles. The van der Waals surface area contributed by atoms with E-state index in [1.165, 1.54) is 49.3 Å². The first kappa shape index (κ1) is 18.1. The van der Waals surface area contributed by atoms with Crippen LogP contribution in [0.2, 0.25) is 0 Å². The largest absolute Gasteiger partial charge is 0.465 e. The highest BCUT2D eigenvalue weighted by atomic mass is 19.1. The summed E-state index contributed by atoms with van der Waals surface area (Å²) in [6.07, 6.45) is 0. The summed E-state index contributed by atoms with van der Waals surface area (Å²) < 4.78 is 17.8. The molecular formula is C18H17FN2O4. The van der Waals surface area contributed by atoms with Gasteiger partial charge in [0, 0.05) is 18.3 Å². The van der Waals surface area contributed by atoms with Crippen molar-refractivity contribution in [2.45, 2.75) is 6.92 Å². The molecular weight excluding hydrogens is 327 g/mol. The van der Waals surface area contributed by atoms with Gasteiger partial charge in [0.05, 0.1) is 12.7 Å². The molecule has 2 aromatic rings. The Morgan fingerprint density at radius 2 is 1.84 bits per heavy atom. The van der Waals surface area contributed by atoms with E-state index in [1.54, 1.807) is 18.2 Å². The Morgan fingerprint density at radius 1 is 1.12 bits per heavy atom. The zero-order valence-electron chi connectivity index (χ0n) is 13.8. The lowest BCUT2D eigenvalue weighted by atomic mass is 10.2. The molecule has 0 saturated heterocycles. The highest BCUT2D eigenvalue weighted by molar-refractivity contribution is 6.02. The number of carbonyl (C=O) groups excluding carboxylic acids is 3. The maximum Gasteiger partial charge on any atom is 0.337 e. The van der Waals surface area contributed by atoms with Crippen LogP contribution in [0.4, 0.5) is 15.8 Å². The van der Waals surface area contributed by atoms with Crippen LogP contribution in [0, 0.1) is 5.82 Å². The number of methoxy groups -OCH3 is 1. The standard InChI is InChI=1S/C18H17FN2O4/c1-12(22)21(16-8-3-5-13(9-16)18(24)25-2)11-17(23)20-15-7-4-6-14(19)10-15/h3-10H,11H2,1-2H3,(H,20,23). The van der Waals surface area contributed by atoms with Crippen LogP contribution in [0.15, 0.2) is 48.5 Å². The fraction of sp³-hybridized carbons (Fsp3) is 0.167. The number of rotatable bonds is 5. The zero-order valence-corrected chi connectivity index (χ0v) is 13.8. The molecule has 0 atom stereocenters. The van der Waals surface area contributed by atoms with Crippen molar-refractivity contribution in [2.75, 3.05) is 23.9 Å². The van der Waals surface area contributed by atoms with Crippen LogP contribution in [-0.2, 0) is 14.3 Å². The Balaban J connectivity index is 2.17. The first-order valence-corrected chi connectivity index (χ1v) is 7.42. The molecule has 0 aliphatic carbocycles. The minimum absolute atomic E-state index is 0.261. The number of hydrogen-bond acceptors (Lipinski definition) is 4. The molecule has 0 saturated carbocycles. The molecule has 0 spiro atoms. The third-order valence-electron chi connectivity index (χ3n) is 3.37. The second-order valence-corrected chi connectivity index (χ2v) is 5.21. The maximum atomic E-state index is 13.2. The van der Waals surface area contributed by atoms with Gasteiger partial charge in [0.1, 0.15) is 12.4 Å². The van der Waals surface area contributed by atoms with Gasteiger partial charge in [-0.2, -0.15) is 0 Å². The summed E-state index contributed by atoms with van der Waals surface area (Å²) in [7, 11) is 1.25. The first-order chi connectivity index (χ1) is 11.9. The van der Waals surface area contributed by atoms with Gasteiger partial charge in [-0.25, -0.2) is 9.18 Å². The highest BCUT2D eigenvalue weighted by Crippen LogP contribution is 2.18. The van der Waals surface area contributed by atoms with Crippen molar-refractivity contribution in [1.82, 2.24) is 0 Å². The molecule has 0 radical (unpaired) electrons. The molecule has 1 N–H and O–H groups in total. The van der Waals surface area contributed by atoms with Gasteiger partial charge in [-0.1, -0.05) is 12.1 Å². The van der Waals surface area contributed by atoms with Crippen LogP contribution in [0.5, 0.6) is 0 Å². The number of amides is 2. The fourth-order valence-corrected chi connectivity index (χ4v) is 2.21. The van der Waals surface area contributed by atoms with E-state index in [4.69, 9.17) is 0 Å². The van der Waals surface area contributed by atoms with Gasteiger partial charge >= 0.3 is 5.97 Å². The molecule has 0 aliphatic heterocycles. The number of hydrogen-bond donors (Lipinski definition) is 1. The summed E-state index contributed by atoms with van der Waals surface area (Å²) in [6, 6.07) is 11.6. The summed E-state index contributed by atoms with van der Waals surface area (Å²) in [5.74, 6) is -1.90. The summed E-state index contributed by atoms with van der Waals surface area (Å²) in [5.41, 5.74) is 0.929. The average Bonchev–Trinajstić information content (AvgIpc) is 2.58. The SMILES string of the molecule is COC(=O)c1cccc(N(CC(=O)Nc2cccc(F)c2)C(C)=O)c1. The van der Waals surface area contributed by atoms with Gasteiger partial charge < -0.3 is 15.0 Å². The lowest BCUT2D eigenvalue weighted by Crippen LogP contribution is -2.36. The highest BCUT2D eigenvalue weighted by Gasteiger charge is 2.17. The molecule has 2 aromatic carbocycles. The van der Waals surface area contributed by atoms with Crippen molar-refractivity contribution in [3.8, 4) is 0 Å². The van der Waals surface area contributed by atoms with E-state index >= 15 is 0 Å². The zero-order chi connectivity index (χ0) is 18.4. The number of benzene rings is 2. The van der Waals surface area contributed by atoms with Gasteiger partial charge in [-0.05, 0) is 36.4 Å². The van der Waals surface area contributed by atoms with E-state index in [0.717, 1.165) is 0 Å². The Morgan fingerprint density at radius 3 is 2.48 bits per heavy atom. The number of esters is 1. The molecule has 0 aromatic heterocycles. The van der Waals surface area contributed by atoms with Crippen molar-refractivity contribution >= 4 is 29.2 Å². The average molecular weight is 344 g/mol. The monoisotopic (exact) mass is 344 g/mol. The number of anilines is 2. The van der Waals surface area contributed by atoms with E-state index in [0.29, 0.717) is 5.69 Å². The molecule has 0 bridgehead atoms. The van der Waals surface area contributed by atoms with E-state index in [-0.39, 0.29) is 23.7 Å². The van der Waals surface area contributed by atoms with Gasteiger partial charge in [-0.3, -0.25) is 9.59 Å². The Kier molecular flexibility index (Phi) is 5.84. The Labute approximate surface area is 144 Å². The molecule has 2 amide bonds. The number of halogens is 1. The molecule has 0 aliphatic rings. The van der Waals surface area contributed by atoms with Crippen molar-refractivity contribution in [3.63, 3.8) is 0 Å². The topological polar surface area (TPSA) is 75.7 Å². The number of ether oxygens (including phenoxy) is 1. The van der Waals surface area contributed by atoms with Crippen LogP contribution in [0.3, 0.4) is 0 Å². The van der Waals surface area contributed by atoms with Crippen molar-refractivity contribution < 1.29 is 23.5 Å². The second-order valence-electron chi connectivity index (χ2n) is 5.21. The predicted octanol–water partition coefficient (Wildman–Crippen LogP) is 2.60. The van der Waals surface area contributed by atoms with E-state index in [1.807, 2.05) is 0 Å². The Hall–Kier alpha value is -3.22. The van der Waals surface area contributed by atoms with Crippen LogP contribution >= 0.6 is 0 Å². The third-order valence-corrected chi connectivity index (χ3v) is 3.37. The minimum Gasteiger partial charge on any atom is -0.465 e. The summed E-state index contributed by atoms with van der Waals surface area (Å²) in [5, 5.41) is 2.52. The van der Waals surface area contributed by atoms with Crippen LogP contribution in [0.25, 0.3) is 0 Å². The summed E-state index contributed by atoms with van der Waals surface area (Å²) in [4.78, 5) is 36.9. The number of carbonyl (C=O) groups is 3. The van der Waals surface area contributed by atoms with Gasteiger partial charge in [-0.15, -0.1) is 0 Å². The lowest BCUT2D eigenvalue weighted by Gasteiger charge is -2.21. The third kappa shape index (κ3) is 4.87. The minimum atomic E-state index is -0.547. The first-order valence-electron chi connectivity index (χ1n) is 7.42. The van der Waals surface area contributed by atoms with Crippen LogP contribution in [0.1, 0.15) is 17.3 Å². The fourth-order valence-electron chi connectivity index (χ4n) is 2.21. The molecule has 7 heteroatoms. The van der Waals surface area contributed by atoms with Crippen LogP contribution in [-0.4, -0.2) is 31.4 Å².